The third kappa shape index (κ3) is 3.84. The molecule has 0 bridgehead atoms. The first kappa shape index (κ1) is 13.7. The molecule has 0 N–H and O–H groups in total. The van der Waals surface area contributed by atoms with Gasteiger partial charge in [0.15, 0.2) is 6.29 Å². The number of aromatic nitrogens is 1. The number of rotatable bonds is 7. The number of aldehydes is 1. The zero-order valence-corrected chi connectivity index (χ0v) is 11.0. The summed E-state index contributed by atoms with van der Waals surface area (Å²) in [5.41, 5.74) is 0.632. The molecule has 1 aromatic rings. The van der Waals surface area contributed by atoms with E-state index >= 15 is 0 Å². The molecule has 0 unspecified atom stereocenters. The van der Waals surface area contributed by atoms with Crippen molar-refractivity contribution in [2.45, 2.75) is 33.6 Å². The highest BCUT2D eigenvalue weighted by Gasteiger charge is 2.11. The summed E-state index contributed by atoms with van der Waals surface area (Å²) < 4.78 is 0. The fourth-order valence-corrected chi connectivity index (χ4v) is 1.90. The maximum Gasteiger partial charge on any atom is 0.151 e. The van der Waals surface area contributed by atoms with E-state index < -0.39 is 0 Å². The average molecular weight is 234 g/mol. The lowest BCUT2D eigenvalue weighted by molar-refractivity contribution is 0.112. The van der Waals surface area contributed by atoms with Gasteiger partial charge in [-0.05, 0) is 25.0 Å². The van der Waals surface area contributed by atoms with Crippen LogP contribution in [0.15, 0.2) is 18.3 Å². The molecule has 1 heterocycles. The minimum absolute atomic E-state index is 0.632. The van der Waals surface area contributed by atoms with E-state index in [2.05, 4.69) is 30.7 Å². The largest absolute Gasteiger partial charge is 0.357 e. The summed E-state index contributed by atoms with van der Waals surface area (Å²) in [6.45, 7) is 8.58. The highest BCUT2D eigenvalue weighted by molar-refractivity contribution is 5.74. The first-order valence-electron chi connectivity index (χ1n) is 6.41. The molecule has 3 nitrogen and oxygen atoms in total. The van der Waals surface area contributed by atoms with Crippen LogP contribution in [0.1, 0.15) is 44.0 Å². The zero-order valence-electron chi connectivity index (χ0n) is 11.0. The first-order valence-corrected chi connectivity index (χ1v) is 6.41. The van der Waals surface area contributed by atoms with Gasteiger partial charge in [-0.1, -0.05) is 26.7 Å². The van der Waals surface area contributed by atoms with Crippen molar-refractivity contribution in [3.63, 3.8) is 0 Å². The molecule has 1 rings (SSSR count). The van der Waals surface area contributed by atoms with Gasteiger partial charge in [0.1, 0.15) is 5.82 Å². The Balaban J connectivity index is 2.74. The number of nitrogens with zero attached hydrogens (tertiary/aromatic N) is 2. The Bertz CT molecular complexity index is 331. The van der Waals surface area contributed by atoms with Crippen LogP contribution in [-0.4, -0.2) is 24.4 Å². The maximum atomic E-state index is 10.6. The van der Waals surface area contributed by atoms with E-state index in [1.807, 2.05) is 12.1 Å². The summed E-state index contributed by atoms with van der Waals surface area (Å²) in [7, 11) is 0. The van der Waals surface area contributed by atoms with Crippen LogP contribution in [0.2, 0.25) is 0 Å². The fraction of sp³-hybridized carbons (Fsp3) is 0.571. The van der Waals surface area contributed by atoms with Crippen LogP contribution < -0.4 is 4.90 Å². The van der Waals surface area contributed by atoms with E-state index in [0.29, 0.717) is 11.5 Å². The van der Waals surface area contributed by atoms with Gasteiger partial charge in [0, 0.05) is 24.8 Å². The molecule has 0 fully saturated rings. The van der Waals surface area contributed by atoms with E-state index in [1.165, 1.54) is 12.8 Å². The third-order valence-corrected chi connectivity index (χ3v) is 3.25. The van der Waals surface area contributed by atoms with E-state index in [-0.39, 0.29) is 0 Å². The van der Waals surface area contributed by atoms with Crippen LogP contribution in [0.3, 0.4) is 0 Å². The van der Waals surface area contributed by atoms with Crippen molar-refractivity contribution in [1.29, 1.82) is 0 Å². The highest BCUT2D eigenvalue weighted by atomic mass is 16.1. The monoisotopic (exact) mass is 234 g/mol. The molecule has 0 amide bonds. The Labute approximate surface area is 104 Å². The van der Waals surface area contributed by atoms with Crippen molar-refractivity contribution in [3.8, 4) is 0 Å². The van der Waals surface area contributed by atoms with Gasteiger partial charge in [-0.3, -0.25) is 4.79 Å². The molecule has 1 aromatic heterocycles. The number of carbonyl (C=O) groups is 1. The summed E-state index contributed by atoms with van der Waals surface area (Å²) in [5, 5.41) is 0. The van der Waals surface area contributed by atoms with E-state index in [4.69, 9.17) is 0 Å². The Morgan fingerprint density at radius 3 is 2.41 bits per heavy atom. The second-order valence-electron chi connectivity index (χ2n) is 4.29. The van der Waals surface area contributed by atoms with Crippen molar-refractivity contribution in [2.75, 3.05) is 18.0 Å². The van der Waals surface area contributed by atoms with E-state index in [9.17, 15) is 4.79 Å². The molecule has 94 valence electrons. The van der Waals surface area contributed by atoms with Crippen LogP contribution in [0.5, 0.6) is 0 Å². The normalized spacial score (nSPS) is 10.6. The number of carbonyl (C=O) groups excluding carboxylic acids is 1. The van der Waals surface area contributed by atoms with Crippen LogP contribution in [0.4, 0.5) is 5.82 Å². The topological polar surface area (TPSA) is 33.2 Å². The maximum absolute atomic E-state index is 10.6. The lowest BCUT2D eigenvalue weighted by atomic mass is 10.0. The third-order valence-electron chi connectivity index (χ3n) is 3.25. The van der Waals surface area contributed by atoms with Crippen molar-refractivity contribution in [3.05, 3.63) is 23.9 Å². The van der Waals surface area contributed by atoms with Gasteiger partial charge < -0.3 is 4.90 Å². The van der Waals surface area contributed by atoms with Crippen LogP contribution in [-0.2, 0) is 0 Å². The highest BCUT2D eigenvalue weighted by Crippen LogP contribution is 2.16. The molecule has 0 atom stereocenters. The van der Waals surface area contributed by atoms with E-state index in [0.717, 1.165) is 25.2 Å². The number of pyridine rings is 1. The van der Waals surface area contributed by atoms with Crippen molar-refractivity contribution in [1.82, 2.24) is 4.98 Å². The molecular formula is C14H22N2O. The summed E-state index contributed by atoms with van der Waals surface area (Å²) in [5.74, 6) is 1.67. The molecule has 0 aliphatic carbocycles. The predicted octanol–water partition coefficient (Wildman–Crippen LogP) is 3.16. The number of hydrogen-bond donors (Lipinski definition) is 0. The second kappa shape index (κ2) is 7.05. The molecule has 0 spiro atoms. The summed E-state index contributed by atoms with van der Waals surface area (Å²) in [4.78, 5) is 17.2. The van der Waals surface area contributed by atoms with Crippen molar-refractivity contribution >= 4 is 12.1 Å². The second-order valence-corrected chi connectivity index (χ2v) is 4.29. The SMILES string of the molecule is CCC(CC)CN(CC)c1ccc(C=O)cn1. The van der Waals surface area contributed by atoms with Gasteiger partial charge in [-0.2, -0.15) is 0 Å². The molecule has 0 aliphatic heterocycles. The van der Waals surface area contributed by atoms with Gasteiger partial charge in [-0.25, -0.2) is 4.98 Å². The first-order chi connectivity index (χ1) is 8.24. The molecule has 0 saturated carbocycles. The van der Waals surface area contributed by atoms with Gasteiger partial charge >= 0.3 is 0 Å². The zero-order chi connectivity index (χ0) is 12.7. The van der Waals surface area contributed by atoms with Gasteiger partial charge in [0.2, 0.25) is 0 Å². The molecule has 0 aromatic carbocycles. The van der Waals surface area contributed by atoms with Crippen LogP contribution in [0, 0.1) is 5.92 Å². The van der Waals surface area contributed by atoms with Gasteiger partial charge in [0.25, 0.3) is 0 Å². The minimum Gasteiger partial charge on any atom is -0.357 e. The quantitative estimate of drug-likeness (QED) is 0.679. The molecular weight excluding hydrogens is 212 g/mol. The van der Waals surface area contributed by atoms with Gasteiger partial charge in [-0.15, -0.1) is 0 Å². The fourth-order valence-electron chi connectivity index (χ4n) is 1.90. The minimum atomic E-state index is 0.632. The Morgan fingerprint density at radius 1 is 1.29 bits per heavy atom. The Kier molecular flexibility index (Phi) is 5.67. The standard InChI is InChI=1S/C14H22N2O/c1-4-12(5-2)10-16(6-3)14-8-7-13(11-17)9-15-14/h7-9,11-12H,4-6,10H2,1-3H3. The van der Waals surface area contributed by atoms with E-state index in [1.54, 1.807) is 6.20 Å². The molecule has 0 saturated heterocycles. The summed E-state index contributed by atoms with van der Waals surface area (Å²) in [6, 6.07) is 3.75. The average Bonchev–Trinajstić information content (AvgIpc) is 2.40. The smallest absolute Gasteiger partial charge is 0.151 e. The molecule has 17 heavy (non-hydrogen) atoms. The molecule has 3 heteroatoms. The van der Waals surface area contributed by atoms with Crippen LogP contribution >= 0.6 is 0 Å². The molecule has 0 aliphatic rings. The lowest BCUT2D eigenvalue weighted by Crippen LogP contribution is -2.29. The summed E-state index contributed by atoms with van der Waals surface area (Å²) >= 11 is 0. The number of hydrogen-bond acceptors (Lipinski definition) is 3. The number of anilines is 1. The molecule has 0 radical (unpaired) electrons. The Morgan fingerprint density at radius 2 is 2.00 bits per heavy atom. The lowest BCUT2D eigenvalue weighted by Gasteiger charge is -2.26. The summed E-state index contributed by atoms with van der Waals surface area (Å²) in [6.07, 6.45) is 4.85. The van der Waals surface area contributed by atoms with Crippen molar-refractivity contribution in [2.24, 2.45) is 5.92 Å². The van der Waals surface area contributed by atoms with Crippen LogP contribution in [0.25, 0.3) is 0 Å². The van der Waals surface area contributed by atoms with Crippen molar-refractivity contribution < 1.29 is 4.79 Å². The Hall–Kier alpha value is -1.38. The van der Waals surface area contributed by atoms with Gasteiger partial charge in [0.05, 0.1) is 0 Å². The predicted molar refractivity (Wildman–Crippen MR) is 71.6 cm³/mol.